The molecule has 0 saturated heterocycles. The summed E-state index contributed by atoms with van der Waals surface area (Å²) < 4.78 is 13.8. The molecule has 0 atom stereocenters. The second kappa shape index (κ2) is 7.15. The van der Waals surface area contributed by atoms with Crippen molar-refractivity contribution in [2.45, 2.75) is 19.9 Å². The highest BCUT2D eigenvalue weighted by Crippen LogP contribution is 2.28. The first kappa shape index (κ1) is 17.1. The molecule has 2 heterocycles. The average Bonchev–Trinajstić information content (AvgIpc) is 3.10. The van der Waals surface area contributed by atoms with Gasteiger partial charge in [-0.3, -0.25) is 4.79 Å². The van der Waals surface area contributed by atoms with E-state index in [0.29, 0.717) is 29.4 Å². The van der Waals surface area contributed by atoms with Crippen molar-refractivity contribution in [2.75, 3.05) is 16.8 Å². The number of hydrogen-bond acceptors (Lipinski definition) is 4. The maximum absolute atomic E-state index is 13.8. The van der Waals surface area contributed by atoms with Gasteiger partial charge in [-0.1, -0.05) is 36.4 Å². The molecule has 1 N–H and O–H groups in total. The Hall–Kier alpha value is -3.28. The average molecular weight is 362 g/mol. The molecule has 1 aliphatic heterocycles. The minimum absolute atomic E-state index is 0.153. The topological polar surface area (TPSA) is 58.1 Å². The van der Waals surface area contributed by atoms with Gasteiger partial charge in [-0.05, 0) is 37.1 Å². The van der Waals surface area contributed by atoms with Crippen LogP contribution in [-0.4, -0.2) is 22.4 Å². The molecule has 1 aromatic heterocycles. The number of para-hydroxylation sites is 1. The number of amides is 1. The Labute approximate surface area is 156 Å². The van der Waals surface area contributed by atoms with Crippen LogP contribution in [0.5, 0.6) is 0 Å². The third-order valence-electron chi connectivity index (χ3n) is 4.60. The molecule has 3 aromatic rings. The Balaban J connectivity index is 1.56. The summed E-state index contributed by atoms with van der Waals surface area (Å²) in [6.45, 7) is 2.69. The molecule has 1 aliphatic rings. The fourth-order valence-electron chi connectivity index (χ4n) is 3.26. The number of nitrogens with zero attached hydrogens (tertiary/aromatic N) is 3. The summed E-state index contributed by atoms with van der Waals surface area (Å²) in [6, 6.07) is 16.1. The second-order valence-corrected chi connectivity index (χ2v) is 6.50. The Morgan fingerprint density at radius 3 is 2.78 bits per heavy atom. The van der Waals surface area contributed by atoms with Crippen LogP contribution in [0.25, 0.3) is 0 Å². The maximum Gasteiger partial charge on any atom is 0.277 e. The molecule has 0 bridgehead atoms. The van der Waals surface area contributed by atoms with Crippen LogP contribution in [0.3, 0.4) is 0 Å². The molecule has 6 heteroatoms. The van der Waals surface area contributed by atoms with Crippen LogP contribution in [0.1, 0.15) is 27.3 Å². The number of benzene rings is 2. The highest BCUT2D eigenvalue weighted by atomic mass is 19.1. The van der Waals surface area contributed by atoms with E-state index in [0.717, 1.165) is 17.7 Å². The molecular formula is C21H19FN4O. The molecule has 0 saturated carbocycles. The lowest BCUT2D eigenvalue weighted by molar-refractivity contribution is 0.0984. The van der Waals surface area contributed by atoms with Crippen molar-refractivity contribution in [3.05, 3.63) is 82.9 Å². The third kappa shape index (κ3) is 3.51. The fraction of sp³-hybridized carbons (Fsp3) is 0.190. The largest absolute Gasteiger partial charge is 0.350 e. The number of aromatic nitrogens is 2. The minimum Gasteiger partial charge on any atom is -0.350 e. The summed E-state index contributed by atoms with van der Waals surface area (Å²) in [7, 11) is 0. The summed E-state index contributed by atoms with van der Waals surface area (Å²) in [5.41, 5.74) is 3.62. The molecule has 0 radical (unpaired) electrons. The zero-order valence-electron chi connectivity index (χ0n) is 14.9. The maximum atomic E-state index is 13.8. The quantitative estimate of drug-likeness (QED) is 0.768. The number of halogens is 1. The number of carbonyl (C=O) groups is 1. The van der Waals surface area contributed by atoms with Gasteiger partial charge in [0.15, 0.2) is 0 Å². The van der Waals surface area contributed by atoms with E-state index in [1.54, 1.807) is 29.2 Å². The van der Waals surface area contributed by atoms with E-state index in [1.165, 1.54) is 6.07 Å². The molecule has 4 rings (SSSR count). The molecule has 0 aliphatic carbocycles. The first-order chi connectivity index (χ1) is 13.1. The monoisotopic (exact) mass is 362 g/mol. The lowest BCUT2D eigenvalue weighted by atomic mass is 10.2. The summed E-state index contributed by atoms with van der Waals surface area (Å²) in [6.07, 6.45) is 0.838. The van der Waals surface area contributed by atoms with Crippen LogP contribution < -0.4 is 10.2 Å². The standard InChI is InChI=1S/C21H19FN4O/c1-14-12-18(20(27)26-11-10-15-6-3-5-9-19(15)26)25-21(24-14)23-13-16-7-2-4-8-17(16)22/h2-9,12H,10-11,13H2,1H3,(H,23,24,25). The van der Waals surface area contributed by atoms with Crippen molar-refractivity contribution in [1.29, 1.82) is 0 Å². The van der Waals surface area contributed by atoms with Crippen molar-refractivity contribution in [2.24, 2.45) is 0 Å². The molecular weight excluding hydrogens is 343 g/mol. The zero-order chi connectivity index (χ0) is 18.8. The first-order valence-corrected chi connectivity index (χ1v) is 8.84. The summed E-state index contributed by atoms with van der Waals surface area (Å²) in [5, 5.41) is 3.01. The predicted octanol–water partition coefficient (Wildman–Crippen LogP) is 3.74. The number of anilines is 2. The van der Waals surface area contributed by atoms with E-state index in [4.69, 9.17) is 0 Å². The molecule has 0 fully saturated rings. The Kier molecular flexibility index (Phi) is 4.54. The number of fused-ring (bicyclic) bond motifs is 1. The summed E-state index contributed by atoms with van der Waals surface area (Å²) in [4.78, 5) is 23.4. The van der Waals surface area contributed by atoms with E-state index >= 15 is 0 Å². The van der Waals surface area contributed by atoms with E-state index in [2.05, 4.69) is 15.3 Å². The van der Waals surface area contributed by atoms with Crippen LogP contribution >= 0.6 is 0 Å². The Morgan fingerprint density at radius 1 is 1.15 bits per heavy atom. The van der Waals surface area contributed by atoms with E-state index in [9.17, 15) is 9.18 Å². The highest BCUT2D eigenvalue weighted by molar-refractivity contribution is 6.06. The van der Waals surface area contributed by atoms with Crippen LogP contribution in [0.4, 0.5) is 16.0 Å². The van der Waals surface area contributed by atoms with E-state index in [1.807, 2.05) is 31.2 Å². The Bertz CT molecular complexity index is 1000. The van der Waals surface area contributed by atoms with Crippen molar-refractivity contribution in [3.63, 3.8) is 0 Å². The van der Waals surface area contributed by atoms with Gasteiger partial charge in [0.05, 0.1) is 0 Å². The normalized spacial score (nSPS) is 12.7. The molecule has 0 spiro atoms. The van der Waals surface area contributed by atoms with Crippen LogP contribution in [0, 0.1) is 12.7 Å². The van der Waals surface area contributed by atoms with E-state index in [-0.39, 0.29) is 18.3 Å². The molecule has 27 heavy (non-hydrogen) atoms. The number of aryl methyl sites for hydroxylation is 1. The van der Waals surface area contributed by atoms with Crippen molar-refractivity contribution >= 4 is 17.5 Å². The van der Waals surface area contributed by atoms with Gasteiger partial charge in [0.1, 0.15) is 11.5 Å². The molecule has 0 unspecified atom stereocenters. The van der Waals surface area contributed by atoms with Gasteiger partial charge in [0.2, 0.25) is 5.95 Å². The highest BCUT2D eigenvalue weighted by Gasteiger charge is 2.26. The summed E-state index contributed by atoms with van der Waals surface area (Å²) >= 11 is 0. The van der Waals surface area contributed by atoms with Gasteiger partial charge in [-0.25, -0.2) is 14.4 Å². The van der Waals surface area contributed by atoms with Crippen LogP contribution in [-0.2, 0) is 13.0 Å². The van der Waals surface area contributed by atoms with Crippen molar-refractivity contribution in [1.82, 2.24) is 9.97 Å². The number of rotatable bonds is 4. The predicted molar refractivity (Wildman–Crippen MR) is 102 cm³/mol. The molecule has 1 amide bonds. The number of nitrogens with one attached hydrogen (secondary N) is 1. The Morgan fingerprint density at radius 2 is 1.93 bits per heavy atom. The smallest absolute Gasteiger partial charge is 0.277 e. The van der Waals surface area contributed by atoms with Gasteiger partial charge in [0, 0.05) is 30.0 Å². The van der Waals surface area contributed by atoms with Gasteiger partial charge in [-0.2, -0.15) is 0 Å². The van der Waals surface area contributed by atoms with Crippen LogP contribution in [0.2, 0.25) is 0 Å². The minimum atomic E-state index is -0.289. The molecule has 5 nitrogen and oxygen atoms in total. The van der Waals surface area contributed by atoms with Crippen molar-refractivity contribution < 1.29 is 9.18 Å². The SMILES string of the molecule is Cc1cc(C(=O)N2CCc3ccccc32)nc(NCc2ccccc2F)n1. The van der Waals surface area contributed by atoms with Crippen molar-refractivity contribution in [3.8, 4) is 0 Å². The lowest BCUT2D eigenvalue weighted by Gasteiger charge is -2.17. The second-order valence-electron chi connectivity index (χ2n) is 6.50. The first-order valence-electron chi connectivity index (χ1n) is 8.84. The number of carbonyl (C=O) groups excluding carboxylic acids is 1. The molecule has 136 valence electrons. The van der Waals surface area contributed by atoms with Crippen LogP contribution in [0.15, 0.2) is 54.6 Å². The van der Waals surface area contributed by atoms with Gasteiger partial charge in [0.25, 0.3) is 5.91 Å². The number of hydrogen-bond donors (Lipinski definition) is 1. The van der Waals surface area contributed by atoms with E-state index < -0.39 is 0 Å². The fourth-order valence-corrected chi connectivity index (χ4v) is 3.26. The van der Waals surface area contributed by atoms with Gasteiger partial charge in [-0.15, -0.1) is 0 Å². The van der Waals surface area contributed by atoms with Gasteiger partial charge < -0.3 is 10.2 Å². The van der Waals surface area contributed by atoms with Gasteiger partial charge >= 0.3 is 0 Å². The third-order valence-corrected chi connectivity index (χ3v) is 4.60. The lowest BCUT2D eigenvalue weighted by Crippen LogP contribution is -2.30. The summed E-state index contributed by atoms with van der Waals surface area (Å²) in [5.74, 6) is -0.129. The zero-order valence-corrected chi connectivity index (χ0v) is 14.9. The molecule has 2 aromatic carbocycles.